The Morgan fingerprint density at radius 2 is 1.90 bits per heavy atom. The second kappa shape index (κ2) is 10.8. The standard InChI is InChI=1S/C27H20N8O4/c1-28-20-14-31-35(27-29-11-4-12-30-27)25(20)34-33-23-22-17(5-3-6-21(22)39-2)13-19(24(23)37)26(38)32-18-9-7-16(15-36)8-10-18/h3-14,36-37H,15H2,2H3,(H,32,38)/b34-33+. The fourth-order valence-corrected chi connectivity index (χ4v) is 3.87. The van der Waals surface area contributed by atoms with Crippen molar-refractivity contribution in [2.75, 3.05) is 12.4 Å². The summed E-state index contributed by atoms with van der Waals surface area (Å²) in [5.41, 5.74) is 1.15. The molecule has 5 rings (SSSR count). The Morgan fingerprint density at radius 1 is 1.13 bits per heavy atom. The van der Waals surface area contributed by atoms with Gasteiger partial charge in [-0.1, -0.05) is 24.3 Å². The average Bonchev–Trinajstić information content (AvgIpc) is 3.39. The van der Waals surface area contributed by atoms with Crippen molar-refractivity contribution < 1.29 is 19.7 Å². The average molecular weight is 521 g/mol. The van der Waals surface area contributed by atoms with Gasteiger partial charge in [-0.2, -0.15) is 9.78 Å². The number of rotatable bonds is 7. The number of phenols is 1. The van der Waals surface area contributed by atoms with E-state index in [-0.39, 0.29) is 35.3 Å². The van der Waals surface area contributed by atoms with Gasteiger partial charge in [0.2, 0.25) is 0 Å². The molecule has 0 fully saturated rings. The van der Waals surface area contributed by atoms with Crippen LogP contribution in [0.1, 0.15) is 15.9 Å². The second-order valence-electron chi connectivity index (χ2n) is 8.11. The van der Waals surface area contributed by atoms with Crippen LogP contribution >= 0.6 is 0 Å². The number of phenolic OH excluding ortho intramolecular Hbond substituents is 1. The minimum absolute atomic E-state index is 0.0385. The number of nitrogens with zero attached hydrogens (tertiary/aromatic N) is 7. The van der Waals surface area contributed by atoms with Gasteiger partial charge in [0.25, 0.3) is 17.5 Å². The molecule has 0 saturated carbocycles. The van der Waals surface area contributed by atoms with Gasteiger partial charge in [0.1, 0.15) is 11.4 Å². The lowest BCUT2D eigenvalue weighted by Crippen LogP contribution is -2.12. The number of nitrogens with one attached hydrogen (secondary N) is 1. The first-order valence-electron chi connectivity index (χ1n) is 11.5. The van der Waals surface area contributed by atoms with E-state index in [2.05, 4.69) is 35.5 Å². The molecular formula is C27H20N8O4. The lowest BCUT2D eigenvalue weighted by Gasteiger charge is -2.13. The van der Waals surface area contributed by atoms with Crippen molar-refractivity contribution >= 4 is 39.6 Å². The molecule has 0 aliphatic rings. The molecule has 12 nitrogen and oxygen atoms in total. The molecule has 0 unspecified atom stereocenters. The van der Waals surface area contributed by atoms with Crippen molar-refractivity contribution in [3.63, 3.8) is 0 Å². The van der Waals surface area contributed by atoms with Gasteiger partial charge >= 0.3 is 0 Å². The topological polar surface area (TPSA) is 151 Å². The number of amides is 1. The van der Waals surface area contributed by atoms with Gasteiger partial charge < -0.3 is 20.3 Å². The Labute approximate surface area is 221 Å². The van der Waals surface area contributed by atoms with Gasteiger partial charge in [-0.25, -0.2) is 14.8 Å². The predicted molar refractivity (Wildman–Crippen MR) is 142 cm³/mol. The Morgan fingerprint density at radius 3 is 2.59 bits per heavy atom. The third-order valence-corrected chi connectivity index (χ3v) is 5.77. The first kappa shape index (κ1) is 25.0. The first-order valence-corrected chi connectivity index (χ1v) is 11.5. The van der Waals surface area contributed by atoms with Crippen molar-refractivity contribution in [3.05, 3.63) is 95.7 Å². The Kier molecular flexibility index (Phi) is 6.89. The van der Waals surface area contributed by atoms with E-state index >= 15 is 0 Å². The van der Waals surface area contributed by atoms with Crippen molar-refractivity contribution in [1.82, 2.24) is 19.7 Å². The van der Waals surface area contributed by atoms with E-state index in [1.54, 1.807) is 48.5 Å². The highest BCUT2D eigenvalue weighted by molar-refractivity contribution is 6.12. The zero-order valence-electron chi connectivity index (χ0n) is 20.5. The fraction of sp³-hybridized carbons (Fsp3) is 0.0741. The smallest absolute Gasteiger partial charge is 0.259 e. The third kappa shape index (κ3) is 4.85. The van der Waals surface area contributed by atoms with Crippen molar-refractivity contribution in [2.45, 2.75) is 6.61 Å². The molecule has 2 heterocycles. The predicted octanol–water partition coefficient (Wildman–Crippen LogP) is 5.24. The summed E-state index contributed by atoms with van der Waals surface area (Å²) in [6.45, 7) is 7.37. The highest BCUT2D eigenvalue weighted by Crippen LogP contribution is 2.44. The maximum Gasteiger partial charge on any atom is 0.259 e. The minimum Gasteiger partial charge on any atom is -0.505 e. The van der Waals surface area contributed by atoms with Gasteiger partial charge in [-0.05, 0) is 41.3 Å². The van der Waals surface area contributed by atoms with E-state index in [0.717, 1.165) is 0 Å². The zero-order chi connectivity index (χ0) is 27.4. The van der Waals surface area contributed by atoms with E-state index in [4.69, 9.17) is 11.3 Å². The summed E-state index contributed by atoms with van der Waals surface area (Å²) in [5, 5.41) is 36.9. The van der Waals surface area contributed by atoms with Crippen LogP contribution in [0, 0.1) is 6.57 Å². The summed E-state index contributed by atoms with van der Waals surface area (Å²) in [5.74, 6) is -0.416. The van der Waals surface area contributed by atoms with E-state index in [1.165, 1.54) is 36.4 Å². The second-order valence-corrected chi connectivity index (χ2v) is 8.11. The number of aliphatic hydroxyl groups is 1. The molecule has 1 amide bonds. The molecule has 5 aromatic rings. The van der Waals surface area contributed by atoms with Crippen LogP contribution in [0.15, 0.2) is 83.4 Å². The van der Waals surface area contributed by atoms with Crippen LogP contribution in [0.25, 0.3) is 21.6 Å². The summed E-state index contributed by atoms with van der Waals surface area (Å²) >= 11 is 0. The van der Waals surface area contributed by atoms with Crippen LogP contribution in [-0.2, 0) is 6.61 Å². The fourth-order valence-electron chi connectivity index (χ4n) is 3.87. The van der Waals surface area contributed by atoms with Gasteiger partial charge in [-0.3, -0.25) is 4.79 Å². The third-order valence-electron chi connectivity index (χ3n) is 5.77. The maximum absolute atomic E-state index is 13.2. The molecule has 0 aliphatic carbocycles. The van der Waals surface area contributed by atoms with Crippen LogP contribution in [0.2, 0.25) is 0 Å². The van der Waals surface area contributed by atoms with E-state index < -0.39 is 11.7 Å². The number of fused-ring (bicyclic) bond motifs is 1. The zero-order valence-corrected chi connectivity index (χ0v) is 20.5. The summed E-state index contributed by atoms with van der Waals surface area (Å²) in [6, 6.07) is 15.0. The number of aromatic nitrogens is 4. The molecule has 0 spiro atoms. The number of aromatic hydroxyl groups is 1. The van der Waals surface area contributed by atoms with E-state index in [1.807, 2.05) is 0 Å². The first-order chi connectivity index (χ1) is 19.0. The highest BCUT2D eigenvalue weighted by Gasteiger charge is 2.22. The van der Waals surface area contributed by atoms with Crippen LogP contribution in [0.3, 0.4) is 0 Å². The van der Waals surface area contributed by atoms with Crippen LogP contribution < -0.4 is 10.1 Å². The molecular weight excluding hydrogens is 500 g/mol. The van der Waals surface area contributed by atoms with E-state index in [0.29, 0.717) is 27.8 Å². The Balaban J connectivity index is 1.63. The van der Waals surface area contributed by atoms with Gasteiger partial charge in [0, 0.05) is 18.1 Å². The lowest BCUT2D eigenvalue weighted by atomic mass is 10.0. The number of anilines is 1. The quantitative estimate of drug-likeness (QED) is 0.196. The lowest BCUT2D eigenvalue weighted by molar-refractivity contribution is 0.102. The summed E-state index contributed by atoms with van der Waals surface area (Å²) in [4.78, 5) is 24.9. The number of aliphatic hydroxyl groups excluding tert-OH is 1. The summed E-state index contributed by atoms with van der Waals surface area (Å²) in [6.07, 6.45) is 4.35. The number of carbonyl (C=O) groups is 1. The molecule has 0 bridgehead atoms. The number of hydrogen-bond donors (Lipinski definition) is 3. The number of benzene rings is 3. The minimum atomic E-state index is -0.588. The molecule has 3 aromatic carbocycles. The van der Waals surface area contributed by atoms with Crippen molar-refractivity contribution in [1.29, 1.82) is 0 Å². The van der Waals surface area contributed by atoms with Crippen LogP contribution in [-0.4, -0.2) is 43.0 Å². The van der Waals surface area contributed by atoms with Crippen LogP contribution in [0.4, 0.5) is 22.9 Å². The summed E-state index contributed by atoms with van der Waals surface area (Å²) < 4.78 is 6.75. The Bertz CT molecular complexity index is 1740. The molecule has 2 aromatic heterocycles. The Hall–Kier alpha value is -5.67. The number of carbonyl (C=O) groups excluding carboxylic acids is 1. The van der Waals surface area contributed by atoms with E-state index in [9.17, 15) is 15.0 Å². The van der Waals surface area contributed by atoms with Crippen LogP contribution in [0.5, 0.6) is 11.5 Å². The molecule has 3 N–H and O–H groups in total. The normalized spacial score (nSPS) is 11.0. The van der Waals surface area contributed by atoms with Crippen molar-refractivity contribution in [2.24, 2.45) is 10.2 Å². The largest absolute Gasteiger partial charge is 0.505 e. The highest BCUT2D eigenvalue weighted by atomic mass is 16.5. The monoisotopic (exact) mass is 520 g/mol. The number of ether oxygens (including phenoxy) is 1. The molecule has 0 saturated heterocycles. The number of hydrogen-bond acceptors (Lipinski definition) is 9. The van der Waals surface area contributed by atoms with Gasteiger partial charge in [-0.15, -0.1) is 10.2 Å². The van der Waals surface area contributed by atoms with Gasteiger partial charge in [0.05, 0.1) is 37.4 Å². The van der Waals surface area contributed by atoms with Gasteiger partial charge in [0.15, 0.2) is 11.6 Å². The molecule has 0 atom stereocenters. The molecule has 192 valence electrons. The number of methoxy groups -OCH3 is 1. The molecule has 39 heavy (non-hydrogen) atoms. The maximum atomic E-state index is 13.2. The van der Waals surface area contributed by atoms with Crippen molar-refractivity contribution in [3.8, 4) is 17.4 Å². The summed E-state index contributed by atoms with van der Waals surface area (Å²) in [7, 11) is 1.47. The number of azo groups is 1. The molecule has 0 aliphatic heterocycles. The SMILES string of the molecule is [C-]#[N+]c1cnn(-c2ncccn2)c1/N=N/c1c(O)c(C(=O)Nc2ccc(CO)cc2)cc2cccc(OC)c12. The molecule has 12 heteroatoms. The molecule has 0 radical (unpaired) electrons.